The zero-order chi connectivity index (χ0) is 13.3. The number of hydrogen-bond acceptors (Lipinski definition) is 3. The summed E-state index contributed by atoms with van der Waals surface area (Å²) in [6.07, 6.45) is 0. The Kier molecular flexibility index (Phi) is 3.32. The molecule has 18 heavy (non-hydrogen) atoms. The molecule has 0 saturated heterocycles. The van der Waals surface area contributed by atoms with Crippen LogP contribution in [0.25, 0.3) is 0 Å². The van der Waals surface area contributed by atoms with E-state index in [0.29, 0.717) is 0 Å². The molecule has 1 aromatic carbocycles. The molecule has 0 aliphatic carbocycles. The lowest BCUT2D eigenvalue weighted by molar-refractivity contribution is 0.601. The maximum Gasteiger partial charge on any atom is 0.264 e. The topological polar surface area (TPSA) is 74.8 Å². The molecule has 0 unspecified atom stereocenters. The van der Waals surface area contributed by atoms with E-state index in [1.807, 2.05) is 6.92 Å². The number of sulfonamides is 1. The molecule has 0 spiro atoms. The molecule has 0 atom stereocenters. The normalized spacial score (nSPS) is 11.5. The molecule has 1 aromatic heterocycles. The molecule has 0 bridgehead atoms. The van der Waals surface area contributed by atoms with E-state index < -0.39 is 10.0 Å². The zero-order valence-electron chi connectivity index (χ0n) is 9.86. The van der Waals surface area contributed by atoms with Crippen LogP contribution in [0.2, 0.25) is 5.02 Å². The molecule has 7 heteroatoms. The first kappa shape index (κ1) is 12.9. The van der Waals surface area contributed by atoms with E-state index in [4.69, 9.17) is 11.6 Å². The van der Waals surface area contributed by atoms with E-state index in [9.17, 15) is 8.42 Å². The van der Waals surface area contributed by atoms with E-state index in [-0.39, 0.29) is 15.7 Å². The van der Waals surface area contributed by atoms with Gasteiger partial charge in [-0.05, 0) is 26.0 Å². The number of anilines is 1. The second-order valence-corrected chi connectivity index (χ2v) is 5.92. The highest BCUT2D eigenvalue weighted by molar-refractivity contribution is 7.92. The second kappa shape index (κ2) is 4.62. The van der Waals surface area contributed by atoms with Gasteiger partial charge in [-0.25, -0.2) is 8.42 Å². The van der Waals surface area contributed by atoms with Crippen LogP contribution in [-0.2, 0) is 10.0 Å². The van der Waals surface area contributed by atoms with Crippen LogP contribution in [0.5, 0.6) is 0 Å². The molecule has 0 fully saturated rings. The summed E-state index contributed by atoms with van der Waals surface area (Å²) < 4.78 is 26.7. The Morgan fingerprint density at radius 1 is 1.28 bits per heavy atom. The van der Waals surface area contributed by atoms with E-state index >= 15 is 0 Å². The van der Waals surface area contributed by atoms with Crippen molar-refractivity contribution in [1.82, 2.24) is 10.2 Å². The van der Waals surface area contributed by atoms with Crippen molar-refractivity contribution in [3.05, 3.63) is 40.5 Å². The number of benzene rings is 1. The average Bonchev–Trinajstić information content (AvgIpc) is 2.61. The third-order valence-electron chi connectivity index (χ3n) is 2.61. The predicted octanol–water partition coefficient (Wildman–Crippen LogP) is 2.48. The highest BCUT2D eigenvalue weighted by Gasteiger charge is 2.19. The Labute approximate surface area is 110 Å². The number of nitrogens with one attached hydrogen (secondary N) is 2. The van der Waals surface area contributed by atoms with E-state index in [1.165, 1.54) is 12.1 Å². The fraction of sp³-hybridized carbons (Fsp3) is 0.182. The lowest BCUT2D eigenvalue weighted by Gasteiger charge is -2.07. The minimum atomic E-state index is -3.72. The molecule has 2 rings (SSSR count). The van der Waals surface area contributed by atoms with Crippen molar-refractivity contribution in [1.29, 1.82) is 0 Å². The van der Waals surface area contributed by atoms with Crippen LogP contribution in [-0.4, -0.2) is 18.6 Å². The van der Waals surface area contributed by atoms with Gasteiger partial charge in [0.15, 0.2) is 5.82 Å². The van der Waals surface area contributed by atoms with Crippen LogP contribution in [0.1, 0.15) is 11.3 Å². The summed E-state index contributed by atoms with van der Waals surface area (Å²) in [5.41, 5.74) is 1.57. The quantitative estimate of drug-likeness (QED) is 0.910. The van der Waals surface area contributed by atoms with Crippen molar-refractivity contribution in [2.45, 2.75) is 18.7 Å². The number of aromatic nitrogens is 2. The first-order chi connectivity index (χ1) is 8.42. The Balaban J connectivity index is 2.40. The van der Waals surface area contributed by atoms with Gasteiger partial charge >= 0.3 is 0 Å². The first-order valence-electron chi connectivity index (χ1n) is 5.21. The van der Waals surface area contributed by atoms with Gasteiger partial charge < -0.3 is 0 Å². The SMILES string of the molecule is Cc1[nH]nc(NS(=O)(=O)c2ccccc2Cl)c1C. The summed E-state index contributed by atoms with van der Waals surface area (Å²) in [6, 6.07) is 6.26. The monoisotopic (exact) mass is 285 g/mol. The Hall–Kier alpha value is -1.53. The van der Waals surface area contributed by atoms with Crippen LogP contribution in [0, 0.1) is 13.8 Å². The molecular formula is C11H12ClN3O2S. The Morgan fingerprint density at radius 2 is 1.94 bits per heavy atom. The summed E-state index contributed by atoms with van der Waals surface area (Å²) in [5.74, 6) is 0.285. The molecule has 2 aromatic rings. The lowest BCUT2D eigenvalue weighted by atomic mass is 10.3. The van der Waals surface area contributed by atoms with Crippen molar-refractivity contribution >= 4 is 27.4 Å². The van der Waals surface area contributed by atoms with Crippen LogP contribution >= 0.6 is 11.6 Å². The van der Waals surface area contributed by atoms with Gasteiger partial charge in [-0.15, -0.1) is 0 Å². The fourth-order valence-corrected chi connectivity index (χ4v) is 3.02. The Bertz CT molecular complexity index is 679. The zero-order valence-corrected chi connectivity index (χ0v) is 11.4. The Morgan fingerprint density at radius 3 is 2.50 bits per heavy atom. The van der Waals surface area contributed by atoms with Gasteiger partial charge in [0.05, 0.1) is 5.02 Å². The molecule has 5 nitrogen and oxygen atoms in total. The molecule has 0 aliphatic rings. The van der Waals surface area contributed by atoms with Gasteiger partial charge in [0.1, 0.15) is 4.90 Å². The van der Waals surface area contributed by atoms with E-state index in [2.05, 4.69) is 14.9 Å². The number of rotatable bonds is 3. The van der Waals surface area contributed by atoms with Crippen LogP contribution in [0.15, 0.2) is 29.2 Å². The van der Waals surface area contributed by atoms with Gasteiger partial charge in [-0.2, -0.15) is 5.10 Å². The molecule has 0 saturated carbocycles. The van der Waals surface area contributed by atoms with Crippen molar-refractivity contribution in [3.63, 3.8) is 0 Å². The fourth-order valence-electron chi connectivity index (χ4n) is 1.43. The highest BCUT2D eigenvalue weighted by Crippen LogP contribution is 2.24. The first-order valence-corrected chi connectivity index (χ1v) is 7.07. The lowest BCUT2D eigenvalue weighted by Crippen LogP contribution is -2.14. The summed E-state index contributed by atoms with van der Waals surface area (Å²) in [7, 11) is -3.72. The number of nitrogens with zero attached hydrogens (tertiary/aromatic N) is 1. The van der Waals surface area contributed by atoms with Crippen LogP contribution in [0.3, 0.4) is 0 Å². The maximum atomic E-state index is 12.1. The van der Waals surface area contributed by atoms with E-state index in [1.54, 1.807) is 19.1 Å². The number of hydrogen-bond donors (Lipinski definition) is 2. The number of aryl methyl sites for hydroxylation is 1. The van der Waals surface area contributed by atoms with Crippen LogP contribution in [0.4, 0.5) is 5.82 Å². The third kappa shape index (κ3) is 2.34. The van der Waals surface area contributed by atoms with Crippen molar-refractivity contribution in [3.8, 4) is 0 Å². The summed E-state index contributed by atoms with van der Waals surface area (Å²) in [4.78, 5) is 0.0340. The smallest absolute Gasteiger partial charge is 0.264 e. The van der Waals surface area contributed by atoms with Gasteiger partial charge in [-0.1, -0.05) is 23.7 Å². The van der Waals surface area contributed by atoms with E-state index in [0.717, 1.165) is 11.3 Å². The van der Waals surface area contributed by atoms with Crippen molar-refractivity contribution in [2.75, 3.05) is 4.72 Å². The predicted molar refractivity (Wildman–Crippen MR) is 70.3 cm³/mol. The summed E-state index contributed by atoms with van der Waals surface area (Å²) >= 11 is 5.87. The van der Waals surface area contributed by atoms with Gasteiger partial charge in [0.25, 0.3) is 10.0 Å². The minimum Gasteiger partial charge on any atom is -0.280 e. The molecule has 0 amide bonds. The summed E-state index contributed by atoms with van der Waals surface area (Å²) in [6.45, 7) is 3.60. The summed E-state index contributed by atoms with van der Waals surface area (Å²) in [5, 5.41) is 6.79. The highest BCUT2D eigenvalue weighted by atomic mass is 35.5. The molecule has 0 radical (unpaired) electrons. The molecular weight excluding hydrogens is 274 g/mol. The number of aromatic amines is 1. The molecule has 96 valence electrons. The van der Waals surface area contributed by atoms with Crippen molar-refractivity contribution < 1.29 is 8.42 Å². The van der Waals surface area contributed by atoms with Gasteiger partial charge in [0, 0.05) is 11.3 Å². The largest absolute Gasteiger partial charge is 0.280 e. The molecule has 0 aliphatic heterocycles. The maximum absolute atomic E-state index is 12.1. The second-order valence-electron chi connectivity index (χ2n) is 3.86. The minimum absolute atomic E-state index is 0.0340. The molecule has 2 N–H and O–H groups in total. The van der Waals surface area contributed by atoms with Crippen molar-refractivity contribution in [2.24, 2.45) is 0 Å². The molecule has 1 heterocycles. The number of halogens is 1. The third-order valence-corrected chi connectivity index (χ3v) is 4.45. The number of H-pyrrole nitrogens is 1. The standard InChI is InChI=1S/C11H12ClN3O2S/c1-7-8(2)13-14-11(7)15-18(16,17)10-6-4-3-5-9(10)12/h3-6H,1-2H3,(H2,13,14,15). The van der Waals surface area contributed by atoms with Gasteiger partial charge in [0.2, 0.25) is 0 Å². The van der Waals surface area contributed by atoms with Gasteiger partial charge in [-0.3, -0.25) is 9.82 Å². The van der Waals surface area contributed by atoms with Crippen LogP contribution < -0.4 is 4.72 Å². The average molecular weight is 286 g/mol.